The van der Waals surface area contributed by atoms with Crippen LogP contribution in [0.4, 0.5) is 5.13 Å². The van der Waals surface area contributed by atoms with Crippen molar-refractivity contribution in [2.75, 3.05) is 11.9 Å². The largest absolute Gasteiger partial charge is 0.338 e. The van der Waals surface area contributed by atoms with Gasteiger partial charge in [0.05, 0.1) is 10.0 Å². The summed E-state index contributed by atoms with van der Waals surface area (Å²) in [6, 6.07) is 7.59. The van der Waals surface area contributed by atoms with E-state index in [0.717, 1.165) is 23.4 Å². The normalized spacial score (nSPS) is 13.2. The minimum atomic E-state index is -0.210. The molecular formula is C21H19Cl2N3O2S2. The molecule has 0 unspecified atom stereocenters. The van der Waals surface area contributed by atoms with Gasteiger partial charge in [-0.2, -0.15) is 0 Å². The first-order valence-electron chi connectivity index (χ1n) is 9.50. The van der Waals surface area contributed by atoms with Crippen LogP contribution >= 0.6 is 45.9 Å². The first-order valence-corrected chi connectivity index (χ1v) is 12.0. The lowest BCUT2D eigenvalue weighted by Gasteiger charge is -2.27. The molecular weight excluding hydrogens is 461 g/mol. The van der Waals surface area contributed by atoms with Crippen LogP contribution in [0.5, 0.6) is 0 Å². The molecule has 0 atom stereocenters. The van der Waals surface area contributed by atoms with Gasteiger partial charge in [0.25, 0.3) is 0 Å². The number of thiophene rings is 1. The fourth-order valence-corrected chi connectivity index (χ4v) is 5.47. The van der Waals surface area contributed by atoms with Crippen molar-refractivity contribution in [3.8, 4) is 0 Å². The summed E-state index contributed by atoms with van der Waals surface area (Å²) in [4.78, 5) is 33.1. The molecule has 0 aliphatic carbocycles. The number of hydrogen-bond donors (Lipinski definition) is 1. The van der Waals surface area contributed by atoms with Gasteiger partial charge in [-0.15, -0.1) is 22.7 Å². The lowest BCUT2D eigenvalue weighted by Crippen LogP contribution is -2.35. The highest BCUT2D eigenvalue weighted by atomic mass is 35.5. The van der Waals surface area contributed by atoms with Crippen molar-refractivity contribution < 1.29 is 9.59 Å². The van der Waals surface area contributed by atoms with Crippen LogP contribution in [0.25, 0.3) is 0 Å². The molecule has 4 rings (SSSR count). The molecule has 156 valence electrons. The molecule has 0 radical (unpaired) electrons. The van der Waals surface area contributed by atoms with Crippen LogP contribution < -0.4 is 5.32 Å². The summed E-state index contributed by atoms with van der Waals surface area (Å²) >= 11 is 15.4. The fraction of sp³-hybridized carbons (Fsp3) is 0.286. The highest BCUT2D eigenvalue weighted by molar-refractivity contribution is 7.15. The average molecular weight is 480 g/mol. The van der Waals surface area contributed by atoms with Crippen molar-refractivity contribution in [3.63, 3.8) is 0 Å². The summed E-state index contributed by atoms with van der Waals surface area (Å²) in [5, 5.41) is 6.41. The number of anilines is 1. The van der Waals surface area contributed by atoms with Crippen molar-refractivity contribution in [2.24, 2.45) is 0 Å². The summed E-state index contributed by atoms with van der Waals surface area (Å²) in [7, 11) is 0. The summed E-state index contributed by atoms with van der Waals surface area (Å²) < 4.78 is 0. The molecule has 1 N–H and O–H groups in total. The second kappa shape index (κ2) is 9.47. The first-order chi connectivity index (χ1) is 14.5. The Morgan fingerprint density at radius 1 is 1.20 bits per heavy atom. The Labute approximate surface area is 192 Å². The Hall–Kier alpha value is -1.93. The van der Waals surface area contributed by atoms with Gasteiger partial charge in [-0.05, 0) is 35.1 Å². The number of benzene rings is 1. The molecule has 30 heavy (non-hydrogen) atoms. The molecule has 9 heteroatoms. The number of carbonyl (C=O) groups is 2. The zero-order chi connectivity index (χ0) is 21.1. The maximum absolute atomic E-state index is 12.5. The number of hydrogen-bond acceptors (Lipinski definition) is 5. The molecule has 0 fully saturated rings. The molecule has 1 aliphatic rings. The van der Waals surface area contributed by atoms with Gasteiger partial charge in [-0.25, -0.2) is 4.98 Å². The first kappa shape index (κ1) is 21.3. The van der Waals surface area contributed by atoms with E-state index >= 15 is 0 Å². The van der Waals surface area contributed by atoms with Crippen molar-refractivity contribution >= 4 is 62.8 Å². The number of aromatic nitrogens is 1. The van der Waals surface area contributed by atoms with E-state index < -0.39 is 0 Å². The third kappa shape index (κ3) is 5.03. The van der Waals surface area contributed by atoms with Gasteiger partial charge in [0, 0.05) is 48.3 Å². The van der Waals surface area contributed by atoms with Gasteiger partial charge in [0.1, 0.15) is 0 Å². The number of carbonyl (C=O) groups excluding carboxylic acids is 2. The number of halogens is 2. The molecule has 0 spiro atoms. The Balaban J connectivity index is 1.26. The van der Waals surface area contributed by atoms with Crippen LogP contribution in [-0.4, -0.2) is 28.2 Å². The van der Waals surface area contributed by atoms with Gasteiger partial charge in [-0.3, -0.25) is 9.59 Å². The molecule has 0 saturated carbocycles. The maximum atomic E-state index is 12.5. The maximum Gasteiger partial charge on any atom is 0.226 e. The van der Waals surface area contributed by atoms with Crippen LogP contribution in [0.2, 0.25) is 10.0 Å². The molecule has 3 heterocycles. The van der Waals surface area contributed by atoms with Crippen LogP contribution in [0.3, 0.4) is 0 Å². The smallest absolute Gasteiger partial charge is 0.226 e. The van der Waals surface area contributed by atoms with E-state index in [0.29, 0.717) is 28.1 Å². The Kier molecular flexibility index (Phi) is 6.73. The molecule has 2 aromatic heterocycles. The van der Waals surface area contributed by atoms with Crippen molar-refractivity contribution in [3.05, 3.63) is 66.8 Å². The minimum absolute atomic E-state index is 0.0115. The zero-order valence-electron chi connectivity index (χ0n) is 16.0. The molecule has 1 aromatic carbocycles. The summed E-state index contributed by atoms with van der Waals surface area (Å²) in [5.74, 6) is -0.198. The van der Waals surface area contributed by atoms with Crippen LogP contribution in [-0.2, 0) is 29.0 Å². The second-order valence-electron chi connectivity index (χ2n) is 7.00. The van der Waals surface area contributed by atoms with Crippen LogP contribution in [0, 0.1) is 0 Å². The van der Waals surface area contributed by atoms with Crippen molar-refractivity contribution in [1.29, 1.82) is 0 Å². The summed E-state index contributed by atoms with van der Waals surface area (Å²) in [6.45, 7) is 1.36. The van der Waals surface area contributed by atoms with Gasteiger partial charge >= 0.3 is 0 Å². The highest BCUT2D eigenvalue weighted by Gasteiger charge is 2.22. The fourth-order valence-electron chi connectivity index (χ4n) is 3.34. The SMILES string of the molecule is O=C(CCC(=O)N1CCc2sccc2C1)Nc1ncc(Cc2cccc(Cl)c2Cl)s1. The van der Waals surface area contributed by atoms with Crippen LogP contribution in [0.15, 0.2) is 35.8 Å². The Morgan fingerprint density at radius 3 is 2.93 bits per heavy atom. The standard InChI is InChI=1S/C21H19Cl2N3O2S2/c22-16-3-1-2-13(20(16)23)10-15-11-24-21(30-15)25-18(27)4-5-19(28)26-8-6-17-14(12-26)7-9-29-17/h1-3,7,9,11H,4-6,8,10,12H2,(H,24,25,27). The van der Waals surface area contributed by atoms with Gasteiger partial charge in [0.2, 0.25) is 11.8 Å². The topological polar surface area (TPSA) is 62.3 Å². The van der Waals surface area contributed by atoms with Crippen molar-refractivity contribution in [1.82, 2.24) is 9.88 Å². The van der Waals surface area contributed by atoms with E-state index in [4.69, 9.17) is 23.2 Å². The monoisotopic (exact) mass is 479 g/mol. The zero-order valence-corrected chi connectivity index (χ0v) is 19.1. The summed E-state index contributed by atoms with van der Waals surface area (Å²) in [6.07, 6.45) is 3.53. The number of fused-ring (bicyclic) bond motifs is 1. The number of nitrogens with zero attached hydrogens (tertiary/aromatic N) is 2. The predicted molar refractivity (Wildman–Crippen MR) is 123 cm³/mol. The number of rotatable bonds is 6. The average Bonchev–Trinajstić information content (AvgIpc) is 3.38. The van der Waals surface area contributed by atoms with E-state index in [1.165, 1.54) is 21.8 Å². The van der Waals surface area contributed by atoms with Gasteiger partial charge < -0.3 is 10.2 Å². The number of thiazole rings is 1. The molecule has 0 bridgehead atoms. The lowest BCUT2D eigenvalue weighted by molar-refractivity contribution is -0.133. The Bertz CT molecular complexity index is 1080. The van der Waals surface area contributed by atoms with Gasteiger partial charge in [-0.1, -0.05) is 35.3 Å². The third-order valence-electron chi connectivity index (χ3n) is 4.92. The van der Waals surface area contributed by atoms with E-state index in [1.807, 2.05) is 17.0 Å². The quantitative estimate of drug-likeness (QED) is 0.514. The minimum Gasteiger partial charge on any atom is -0.338 e. The third-order valence-corrected chi connectivity index (χ3v) is 7.72. The number of nitrogens with one attached hydrogen (secondary N) is 1. The molecule has 1 aliphatic heterocycles. The van der Waals surface area contributed by atoms with E-state index in [9.17, 15) is 9.59 Å². The second-order valence-corrected chi connectivity index (χ2v) is 9.90. The predicted octanol–water partition coefficient (Wildman–Crippen LogP) is 5.41. The number of amides is 2. The van der Waals surface area contributed by atoms with E-state index in [-0.39, 0.29) is 24.7 Å². The van der Waals surface area contributed by atoms with E-state index in [2.05, 4.69) is 21.7 Å². The Morgan fingerprint density at radius 2 is 2.07 bits per heavy atom. The molecule has 5 nitrogen and oxygen atoms in total. The van der Waals surface area contributed by atoms with Gasteiger partial charge in [0.15, 0.2) is 5.13 Å². The van der Waals surface area contributed by atoms with E-state index in [1.54, 1.807) is 23.6 Å². The molecule has 2 amide bonds. The summed E-state index contributed by atoms with van der Waals surface area (Å²) in [5.41, 5.74) is 2.13. The van der Waals surface area contributed by atoms with Crippen LogP contribution in [0.1, 0.15) is 33.7 Å². The lowest BCUT2D eigenvalue weighted by atomic mass is 10.1. The highest BCUT2D eigenvalue weighted by Crippen LogP contribution is 2.29. The van der Waals surface area contributed by atoms with Crippen molar-refractivity contribution in [2.45, 2.75) is 32.2 Å². The molecule has 0 saturated heterocycles. The molecule has 3 aromatic rings.